The predicted molar refractivity (Wildman–Crippen MR) is 84.2 cm³/mol. The summed E-state index contributed by atoms with van der Waals surface area (Å²) in [6.45, 7) is 0. The fraction of sp³-hybridized carbons (Fsp3) is 0.125. The minimum absolute atomic E-state index is 0.197. The SMILES string of the molecule is COc1ccc(C=NNc2cccc(C(=O)O)c2)c(OC)c1. The van der Waals surface area contributed by atoms with E-state index in [-0.39, 0.29) is 5.56 Å². The van der Waals surface area contributed by atoms with Crippen molar-refractivity contribution in [3.05, 3.63) is 53.6 Å². The normalized spacial score (nSPS) is 10.5. The molecule has 0 unspecified atom stereocenters. The average molecular weight is 300 g/mol. The topological polar surface area (TPSA) is 80.2 Å². The maximum absolute atomic E-state index is 10.9. The van der Waals surface area contributed by atoms with Crippen LogP contribution in [-0.4, -0.2) is 31.5 Å². The number of carboxylic acid groups (broad SMARTS) is 1. The number of aromatic carboxylic acids is 1. The van der Waals surface area contributed by atoms with Crippen LogP contribution in [-0.2, 0) is 0 Å². The van der Waals surface area contributed by atoms with Gasteiger partial charge in [-0.1, -0.05) is 6.07 Å². The molecule has 0 aliphatic carbocycles. The second kappa shape index (κ2) is 7.12. The summed E-state index contributed by atoms with van der Waals surface area (Å²) in [5.74, 6) is 0.338. The largest absolute Gasteiger partial charge is 0.497 e. The number of nitrogens with one attached hydrogen (secondary N) is 1. The van der Waals surface area contributed by atoms with Gasteiger partial charge in [0.1, 0.15) is 11.5 Å². The quantitative estimate of drug-likeness (QED) is 0.633. The minimum Gasteiger partial charge on any atom is -0.497 e. The van der Waals surface area contributed by atoms with Gasteiger partial charge in [0.15, 0.2) is 0 Å². The summed E-state index contributed by atoms with van der Waals surface area (Å²) in [7, 11) is 3.15. The van der Waals surface area contributed by atoms with Crippen LogP contribution in [0, 0.1) is 0 Å². The molecule has 0 fully saturated rings. The van der Waals surface area contributed by atoms with Crippen LogP contribution in [0.3, 0.4) is 0 Å². The molecule has 22 heavy (non-hydrogen) atoms. The van der Waals surface area contributed by atoms with Crippen molar-refractivity contribution in [1.29, 1.82) is 0 Å². The number of hydrogen-bond acceptors (Lipinski definition) is 5. The molecular formula is C16H16N2O4. The molecule has 0 saturated carbocycles. The monoisotopic (exact) mass is 300 g/mol. The van der Waals surface area contributed by atoms with E-state index in [4.69, 9.17) is 14.6 Å². The van der Waals surface area contributed by atoms with Crippen LogP contribution < -0.4 is 14.9 Å². The standard InChI is InChI=1S/C16H16N2O4/c1-21-14-7-6-12(15(9-14)22-2)10-17-18-13-5-3-4-11(8-13)16(19)20/h3-10,18H,1-2H3,(H,19,20). The number of hydrogen-bond donors (Lipinski definition) is 2. The zero-order valence-corrected chi connectivity index (χ0v) is 12.2. The van der Waals surface area contributed by atoms with E-state index in [1.807, 2.05) is 6.07 Å². The van der Waals surface area contributed by atoms with Crippen molar-refractivity contribution in [3.63, 3.8) is 0 Å². The molecule has 6 nitrogen and oxygen atoms in total. The predicted octanol–water partition coefficient (Wildman–Crippen LogP) is 2.85. The van der Waals surface area contributed by atoms with Gasteiger partial charge in [-0.3, -0.25) is 5.43 Å². The second-order valence-electron chi connectivity index (χ2n) is 4.36. The summed E-state index contributed by atoms with van der Waals surface area (Å²) in [6.07, 6.45) is 1.59. The highest BCUT2D eigenvalue weighted by Gasteiger charge is 2.04. The molecule has 0 aliphatic heterocycles. The van der Waals surface area contributed by atoms with Crippen LogP contribution in [0.4, 0.5) is 5.69 Å². The summed E-state index contributed by atoms with van der Waals surface area (Å²) >= 11 is 0. The van der Waals surface area contributed by atoms with Crippen molar-refractivity contribution >= 4 is 17.9 Å². The number of ether oxygens (including phenoxy) is 2. The molecule has 2 rings (SSSR count). The van der Waals surface area contributed by atoms with Gasteiger partial charge >= 0.3 is 5.97 Å². The molecule has 6 heteroatoms. The first kappa shape index (κ1) is 15.4. The van der Waals surface area contributed by atoms with Crippen molar-refractivity contribution < 1.29 is 19.4 Å². The lowest BCUT2D eigenvalue weighted by Crippen LogP contribution is -1.98. The molecular weight excluding hydrogens is 284 g/mol. The summed E-state index contributed by atoms with van der Waals surface area (Å²) in [5, 5.41) is 13.0. The van der Waals surface area contributed by atoms with Crippen LogP contribution in [0.25, 0.3) is 0 Å². The maximum atomic E-state index is 10.9. The Bertz CT molecular complexity index is 698. The molecule has 0 aliphatic rings. The summed E-state index contributed by atoms with van der Waals surface area (Å²) < 4.78 is 10.4. The van der Waals surface area contributed by atoms with E-state index in [1.54, 1.807) is 44.7 Å². The van der Waals surface area contributed by atoms with Gasteiger partial charge in [0.2, 0.25) is 0 Å². The first-order valence-electron chi connectivity index (χ1n) is 6.48. The first-order valence-corrected chi connectivity index (χ1v) is 6.48. The van der Waals surface area contributed by atoms with E-state index in [0.717, 1.165) is 5.56 Å². The molecule has 0 saturated heterocycles. The van der Waals surface area contributed by atoms with Crippen LogP contribution in [0.1, 0.15) is 15.9 Å². The van der Waals surface area contributed by atoms with Crippen molar-refractivity contribution in [2.45, 2.75) is 0 Å². The van der Waals surface area contributed by atoms with Crippen LogP contribution in [0.5, 0.6) is 11.5 Å². The Labute approximate surface area is 128 Å². The Morgan fingerprint density at radius 3 is 2.68 bits per heavy atom. The summed E-state index contributed by atoms with van der Waals surface area (Å²) in [6, 6.07) is 11.8. The van der Waals surface area contributed by atoms with E-state index in [0.29, 0.717) is 17.2 Å². The van der Waals surface area contributed by atoms with Gasteiger partial charge in [0.05, 0.1) is 31.7 Å². The molecule has 2 aromatic carbocycles. The molecule has 0 spiro atoms. The Morgan fingerprint density at radius 2 is 2.00 bits per heavy atom. The number of carbonyl (C=O) groups is 1. The lowest BCUT2D eigenvalue weighted by molar-refractivity contribution is 0.0697. The zero-order chi connectivity index (χ0) is 15.9. The molecule has 0 radical (unpaired) electrons. The third-order valence-corrected chi connectivity index (χ3v) is 2.95. The number of nitrogens with zero attached hydrogens (tertiary/aromatic N) is 1. The van der Waals surface area contributed by atoms with Crippen molar-refractivity contribution in [3.8, 4) is 11.5 Å². The molecule has 114 valence electrons. The van der Waals surface area contributed by atoms with Gasteiger partial charge in [-0.05, 0) is 30.3 Å². The third-order valence-electron chi connectivity index (χ3n) is 2.95. The summed E-state index contributed by atoms with van der Waals surface area (Å²) in [5.41, 5.74) is 4.34. The van der Waals surface area contributed by atoms with Crippen LogP contribution >= 0.6 is 0 Å². The molecule has 0 atom stereocenters. The van der Waals surface area contributed by atoms with Gasteiger partial charge in [-0.25, -0.2) is 4.79 Å². The lowest BCUT2D eigenvalue weighted by atomic mass is 10.2. The minimum atomic E-state index is -0.982. The summed E-state index contributed by atoms with van der Waals surface area (Å²) in [4.78, 5) is 10.9. The van der Waals surface area contributed by atoms with Crippen molar-refractivity contribution in [2.75, 3.05) is 19.6 Å². The molecule has 0 amide bonds. The van der Waals surface area contributed by atoms with Crippen LogP contribution in [0.15, 0.2) is 47.6 Å². The zero-order valence-electron chi connectivity index (χ0n) is 12.2. The molecule has 0 aromatic heterocycles. The lowest BCUT2D eigenvalue weighted by Gasteiger charge is -2.07. The third kappa shape index (κ3) is 3.76. The highest BCUT2D eigenvalue weighted by molar-refractivity contribution is 5.89. The molecule has 0 bridgehead atoms. The van der Waals surface area contributed by atoms with Gasteiger partial charge in [-0.2, -0.15) is 5.10 Å². The average Bonchev–Trinajstić information content (AvgIpc) is 2.55. The Morgan fingerprint density at radius 1 is 1.18 bits per heavy atom. The molecule has 0 heterocycles. The number of rotatable bonds is 6. The number of carboxylic acids is 1. The number of anilines is 1. The van der Waals surface area contributed by atoms with Gasteiger partial charge in [0, 0.05) is 11.6 Å². The highest BCUT2D eigenvalue weighted by Crippen LogP contribution is 2.23. The first-order chi connectivity index (χ1) is 10.6. The Kier molecular flexibility index (Phi) is 4.98. The fourth-order valence-electron chi connectivity index (χ4n) is 1.82. The molecule has 2 N–H and O–H groups in total. The smallest absolute Gasteiger partial charge is 0.335 e. The van der Waals surface area contributed by atoms with E-state index in [2.05, 4.69) is 10.5 Å². The molecule has 2 aromatic rings. The number of methoxy groups -OCH3 is 2. The van der Waals surface area contributed by atoms with Crippen molar-refractivity contribution in [2.24, 2.45) is 5.10 Å². The van der Waals surface area contributed by atoms with Gasteiger partial charge < -0.3 is 14.6 Å². The second-order valence-corrected chi connectivity index (χ2v) is 4.36. The number of benzene rings is 2. The fourth-order valence-corrected chi connectivity index (χ4v) is 1.82. The highest BCUT2D eigenvalue weighted by atomic mass is 16.5. The van der Waals surface area contributed by atoms with E-state index in [1.165, 1.54) is 12.1 Å². The Hall–Kier alpha value is -3.02. The Balaban J connectivity index is 2.12. The van der Waals surface area contributed by atoms with E-state index < -0.39 is 5.97 Å². The van der Waals surface area contributed by atoms with E-state index in [9.17, 15) is 4.79 Å². The van der Waals surface area contributed by atoms with Crippen LogP contribution in [0.2, 0.25) is 0 Å². The van der Waals surface area contributed by atoms with Gasteiger partial charge in [-0.15, -0.1) is 0 Å². The van der Waals surface area contributed by atoms with Gasteiger partial charge in [0.25, 0.3) is 0 Å². The van der Waals surface area contributed by atoms with E-state index >= 15 is 0 Å². The van der Waals surface area contributed by atoms with Crippen molar-refractivity contribution in [1.82, 2.24) is 0 Å². The maximum Gasteiger partial charge on any atom is 0.335 e. The number of hydrazone groups is 1.